The first kappa shape index (κ1) is 15.8. The van der Waals surface area contributed by atoms with Gasteiger partial charge < -0.3 is 5.32 Å². The Balaban J connectivity index is 1.90. The fourth-order valence-electron chi connectivity index (χ4n) is 2.23. The number of rotatable bonds is 7. The summed E-state index contributed by atoms with van der Waals surface area (Å²) >= 11 is 13.6. The van der Waals surface area contributed by atoms with Gasteiger partial charge in [0.25, 0.3) is 0 Å². The number of benzene rings is 1. The fourth-order valence-corrected chi connectivity index (χ4v) is 3.44. The van der Waals surface area contributed by atoms with Crippen molar-refractivity contribution in [3.05, 3.63) is 56.2 Å². The Labute approximate surface area is 134 Å². The molecule has 1 nitrogen and oxygen atoms in total. The van der Waals surface area contributed by atoms with E-state index in [4.69, 9.17) is 23.2 Å². The minimum absolute atomic E-state index is 0.396. The Kier molecular flexibility index (Phi) is 6.37. The highest BCUT2D eigenvalue weighted by molar-refractivity contribution is 7.16. The zero-order valence-corrected chi connectivity index (χ0v) is 13.9. The third kappa shape index (κ3) is 4.78. The van der Waals surface area contributed by atoms with Crippen LogP contribution >= 0.6 is 34.5 Å². The van der Waals surface area contributed by atoms with E-state index in [9.17, 15) is 0 Å². The van der Waals surface area contributed by atoms with Crippen molar-refractivity contribution >= 4 is 34.5 Å². The summed E-state index contributed by atoms with van der Waals surface area (Å²) in [5.74, 6) is 0. The number of hydrogen-bond acceptors (Lipinski definition) is 2. The summed E-state index contributed by atoms with van der Waals surface area (Å²) in [6, 6.07) is 12.6. The van der Waals surface area contributed by atoms with E-state index in [1.807, 2.05) is 18.2 Å². The third-order valence-electron chi connectivity index (χ3n) is 3.24. The molecule has 0 bridgehead atoms. The average molecular weight is 328 g/mol. The number of hydrogen-bond donors (Lipinski definition) is 1. The SMILES string of the molecule is CCCC(NCCc1ccc(Cl)s1)c1ccc(Cl)cc1. The Hall–Kier alpha value is -0.540. The van der Waals surface area contributed by atoms with Crippen LogP contribution in [0.25, 0.3) is 0 Å². The van der Waals surface area contributed by atoms with Crippen molar-refractivity contribution in [3.8, 4) is 0 Å². The predicted molar refractivity (Wildman–Crippen MR) is 90.1 cm³/mol. The lowest BCUT2D eigenvalue weighted by atomic mass is 10.0. The molecule has 0 amide bonds. The van der Waals surface area contributed by atoms with Crippen LogP contribution in [0.5, 0.6) is 0 Å². The van der Waals surface area contributed by atoms with Crippen LogP contribution in [0.3, 0.4) is 0 Å². The standard InChI is InChI=1S/C16H19Cl2NS/c1-2-3-15(12-4-6-13(17)7-5-12)19-11-10-14-8-9-16(18)20-14/h4-9,15,19H,2-3,10-11H2,1H3. The maximum absolute atomic E-state index is 5.95. The van der Waals surface area contributed by atoms with Gasteiger partial charge in [-0.3, -0.25) is 0 Å². The molecule has 0 fully saturated rings. The zero-order valence-electron chi connectivity index (χ0n) is 11.5. The molecule has 1 heterocycles. The predicted octanol–water partition coefficient (Wildman–Crippen LogP) is 5.73. The van der Waals surface area contributed by atoms with Crippen molar-refractivity contribution in [3.63, 3.8) is 0 Å². The summed E-state index contributed by atoms with van der Waals surface area (Å²) < 4.78 is 0.864. The molecule has 0 saturated heterocycles. The molecule has 0 aliphatic rings. The second-order valence-electron chi connectivity index (χ2n) is 4.80. The highest BCUT2D eigenvalue weighted by Gasteiger charge is 2.10. The van der Waals surface area contributed by atoms with Crippen LogP contribution in [0.4, 0.5) is 0 Å². The summed E-state index contributed by atoms with van der Waals surface area (Å²) in [6.45, 7) is 3.17. The molecule has 4 heteroatoms. The maximum atomic E-state index is 5.95. The fraction of sp³-hybridized carbons (Fsp3) is 0.375. The second kappa shape index (κ2) is 8.04. The summed E-state index contributed by atoms with van der Waals surface area (Å²) in [5.41, 5.74) is 1.31. The molecule has 0 spiro atoms. The zero-order chi connectivity index (χ0) is 14.4. The van der Waals surface area contributed by atoms with Gasteiger partial charge in [0, 0.05) is 22.5 Å². The van der Waals surface area contributed by atoms with Crippen LogP contribution in [0, 0.1) is 0 Å². The van der Waals surface area contributed by atoms with E-state index >= 15 is 0 Å². The van der Waals surface area contributed by atoms with Crippen molar-refractivity contribution in [2.45, 2.75) is 32.2 Å². The Morgan fingerprint density at radius 2 is 1.85 bits per heavy atom. The highest BCUT2D eigenvalue weighted by atomic mass is 35.5. The first-order valence-corrected chi connectivity index (χ1v) is 8.49. The van der Waals surface area contributed by atoms with Crippen molar-refractivity contribution < 1.29 is 0 Å². The largest absolute Gasteiger partial charge is 0.310 e. The summed E-state index contributed by atoms with van der Waals surface area (Å²) in [4.78, 5) is 1.33. The topological polar surface area (TPSA) is 12.0 Å². The van der Waals surface area contributed by atoms with Crippen molar-refractivity contribution in [2.24, 2.45) is 0 Å². The molecule has 0 saturated carbocycles. The van der Waals surface area contributed by atoms with Crippen LogP contribution in [-0.4, -0.2) is 6.54 Å². The maximum Gasteiger partial charge on any atom is 0.0931 e. The molecule has 1 unspecified atom stereocenters. The summed E-state index contributed by atoms with van der Waals surface area (Å²) in [7, 11) is 0. The van der Waals surface area contributed by atoms with Gasteiger partial charge in [0.15, 0.2) is 0 Å². The lowest BCUT2D eigenvalue weighted by Gasteiger charge is -2.18. The van der Waals surface area contributed by atoms with Crippen molar-refractivity contribution in [1.29, 1.82) is 0 Å². The van der Waals surface area contributed by atoms with Gasteiger partial charge in [-0.05, 0) is 42.7 Å². The Bertz CT molecular complexity index is 522. The normalized spacial score (nSPS) is 12.6. The quantitative estimate of drug-likeness (QED) is 0.684. The van der Waals surface area contributed by atoms with Gasteiger partial charge in [0.2, 0.25) is 0 Å². The summed E-state index contributed by atoms with van der Waals surface area (Å²) in [5, 5.41) is 4.42. The van der Waals surface area contributed by atoms with E-state index in [1.54, 1.807) is 11.3 Å². The molecule has 108 valence electrons. The monoisotopic (exact) mass is 327 g/mol. The average Bonchev–Trinajstić information content (AvgIpc) is 2.84. The second-order valence-corrected chi connectivity index (χ2v) is 7.04. The molecule has 2 rings (SSSR count). The lowest BCUT2D eigenvalue weighted by molar-refractivity contribution is 0.498. The van der Waals surface area contributed by atoms with Gasteiger partial charge >= 0.3 is 0 Å². The molecule has 1 atom stereocenters. The van der Waals surface area contributed by atoms with Crippen molar-refractivity contribution in [2.75, 3.05) is 6.54 Å². The first-order valence-electron chi connectivity index (χ1n) is 6.92. The van der Waals surface area contributed by atoms with E-state index in [1.165, 1.54) is 10.4 Å². The number of nitrogens with one attached hydrogen (secondary N) is 1. The molecule has 20 heavy (non-hydrogen) atoms. The van der Waals surface area contributed by atoms with E-state index in [-0.39, 0.29) is 0 Å². The summed E-state index contributed by atoms with van der Waals surface area (Å²) in [6.07, 6.45) is 3.31. The van der Waals surface area contributed by atoms with E-state index in [0.717, 1.165) is 35.2 Å². The number of halogens is 2. The molecule has 1 aromatic heterocycles. The number of thiophene rings is 1. The smallest absolute Gasteiger partial charge is 0.0931 e. The lowest BCUT2D eigenvalue weighted by Crippen LogP contribution is -2.23. The first-order chi connectivity index (χ1) is 9.69. The molecule has 2 aromatic rings. The van der Waals surface area contributed by atoms with Gasteiger partial charge in [-0.25, -0.2) is 0 Å². The molecule has 1 aromatic carbocycles. The van der Waals surface area contributed by atoms with E-state index in [0.29, 0.717) is 6.04 Å². The van der Waals surface area contributed by atoms with Crippen LogP contribution in [-0.2, 0) is 6.42 Å². The van der Waals surface area contributed by atoms with Gasteiger partial charge in [0.1, 0.15) is 0 Å². The van der Waals surface area contributed by atoms with Crippen molar-refractivity contribution in [1.82, 2.24) is 5.32 Å². The van der Waals surface area contributed by atoms with Gasteiger partial charge in [0.05, 0.1) is 4.34 Å². The van der Waals surface area contributed by atoms with Crippen LogP contribution < -0.4 is 5.32 Å². The van der Waals surface area contributed by atoms with Crippen LogP contribution in [0.2, 0.25) is 9.36 Å². The highest BCUT2D eigenvalue weighted by Crippen LogP contribution is 2.23. The minimum Gasteiger partial charge on any atom is -0.310 e. The third-order valence-corrected chi connectivity index (χ3v) is 4.78. The molecular weight excluding hydrogens is 309 g/mol. The minimum atomic E-state index is 0.396. The molecule has 0 aliphatic carbocycles. The van der Waals surface area contributed by atoms with Crippen LogP contribution in [0.15, 0.2) is 36.4 Å². The Morgan fingerprint density at radius 1 is 1.10 bits per heavy atom. The van der Waals surface area contributed by atoms with E-state index < -0.39 is 0 Å². The van der Waals surface area contributed by atoms with Gasteiger partial charge in [-0.15, -0.1) is 11.3 Å². The van der Waals surface area contributed by atoms with E-state index in [2.05, 4.69) is 30.4 Å². The molecule has 0 radical (unpaired) electrons. The molecular formula is C16H19Cl2NS. The van der Waals surface area contributed by atoms with Crippen LogP contribution in [0.1, 0.15) is 36.2 Å². The molecule has 1 N–H and O–H groups in total. The van der Waals surface area contributed by atoms with Gasteiger partial charge in [-0.2, -0.15) is 0 Å². The Morgan fingerprint density at radius 3 is 2.45 bits per heavy atom. The van der Waals surface area contributed by atoms with Gasteiger partial charge in [-0.1, -0.05) is 48.7 Å². The molecule has 0 aliphatic heterocycles.